The number of urea groups is 1. The molecule has 0 fully saturated rings. The van der Waals surface area contributed by atoms with Crippen LogP contribution in [0.4, 0.5) is 28.0 Å². The number of rotatable bonds is 5. The van der Waals surface area contributed by atoms with E-state index < -0.39 is 17.8 Å². The van der Waals surface area contributed by atoms with Crippen LogP contribution in [0, 0.1) is 5.82 Å². The van der Waals surface area contributed by atoms with Crippen molar-refractivity contribution in [2.75, 3.05) is 18.9 Å². The molecule has 3 aromatic rings. The third-order valence-corrected chi connectivity index (χ3v) is 4.02. The quantitative estimate of drug-likeness (QED) is 0.627. The fraction of sp³-hybridized carbons (Fsp3) is 0.211. The van der Waals surface area contributed by atoms with Gasteiger partial charge in [0, 0.05) is 31.3 Å². The van der Waals surface area contributed by atoms with E-state index >= 15 is 0 Å². The van der Waals surface area contributed by atoms with Gasteiger partial charge < -0.3 is 14.7 Å². The monoisotopic (exact) mass is 408 g/mol. The fourth-order valence-corrected chi connectivity index (χ4v) is 2.43. The molecule has 29 heavy (non-hydrogen) atoms. The Morgan fingerprint density at radius 2 is 1.90 bits per heavy atom. The summed E-state index contributed by atoms with van der Waals surface area (Å²) in [6.07, 6.45) is -4.23. The smallest absolute Gasteiger partial charge is 0.334 e. The lowest BCUT2D eigenvalue weighted by atomic mass is 10.2. The van der Waals surface area contributed by atoms with E-state index in [1.54, 1.807) is 0 Å². The number of carbonyl (C=O) groups excluding carboxylic acids is 1. The van der Waals surface area contributed by atoms with Gasteiger partial charge in [-0.1, -0.05) is 11.2 Å². The third-order valence-electron chi connectivity index (χ3n) is 4.02. The number of halogens is 4. The van der Waals surface area contributed by atoms with Crippen molar-refractivity contribution in [1.29, 1.82) is 0 Å². The lowest BCUT2D eigenvalue weighted by Gasteiger charge is -2.17. The van der Waals surface area contributed by atoms with Gasteiger partial charge in [-0.25, -0.2) is 9.18 Å². The van der Waals surface area contributed by atoms with Gasteiger partial charge in [0.1, 0.15) is 5.82 Å². The largest absolute Gasteiger partial charge is 0.416 e. The van der Waals surface area contributed by atoms with Crippen molar-refractivity contribution in [3.63, 3.8) is 0 Å². The molecule has 0 bridgehead atoms. The average Bonchev–Trinajstić information content (AvgIpc) is 3.15. The van der Waals surface area contributed by atoms with Gasteiger partial charge in [-0.05, 0) is 42.5 Å². The first kappa shape index (κ1) is 20.3. The van der Waals surface area contributed by atoms with E-state index in [2.05, 4.69) is 15.5 Å². The SMILES string of the molecule is CN(CCc1noc(-c2ccc(F)cc2)n1)C(=O)Nc1cccc(C(F)(F)F)c1. The van der Waals surface area contributed by atoms with E-state index in [-0.39, 0.29) is 30.4 Å². The molecule has 6 nitrogen and oxygen atoms in total. The van der Waals surface area contributed by atoms with Crippen molar-refractivity contribution in [1.82, 2.24) is 15.0 Å². The molecule has 2 amide bonds. The Bertz CT molecular complexity index is 986. The van der Waals surface area contributed by atoms with Crippen molar-refractivity contribution in [2.45, 2.75) is 12.6 Å². The minimum Gasteiger partial charge on any atom is -0.334 e. The number of nitrogens with zero attached hydrogens (tertiary/aromatic N) is 3. The second kappa shape index (κ2) is 8.29. The predicted molar refractivity (Wildman–Crippen MR) is 96.5 cm³/mol. The molecule has 0 saturated carbocycles. The highest BCUT2D eigenvalue weighted by Crippen LogP contribution is 2.30. The Kier molecular flexibility index (Phi) is 5.81. The highest BCUT2D eigenvalue weighted by atomic mass is 19.4. The lowest BCUT2D eigenvalue weighted by Crippen LogP contribution is -2.33. The van der Waals surface area contributed by atoms with Crippen LogP contribution in [0.1, 0.15) is 11.4 Å². The predicted octanol–water partition coefficient (Wildman–Crippen LogP) is 4.60. The lowest BCUT2D eigenvalue weighted by molar-refractivity contribution is -0.137. The number of hydrogen-bond acceptors (Lipinski definition) is 4. The number of aromatic nitrogens is 2. The molecule has 2 aromatic carbocycles. The number of carbonyl (C=O) groups is 1. The molecule has 0 atom stereocenters. The maximum Gasteiger partial charge on any atom is 0.416 e. The van der Waals surface area contributed by atoms with Crippen LogP contribution < -0.4 is 5.32 Å². The second-order valence-corrected chi connectivity index (χ2v) is 6.20. The Hall–Kier alpha value is -3.43. The molecular formula is C19H16F4N4O2. The van der Waals surface area contributed by atoms with Gasteiger partial charge in [0.25, 0.3) is 5.89 Å². The third kappa shape index (κ3) is 5.31. The van der Waals surface area contributed by atoms with Crippen molar-refractivity contribution in [3.8, 4) is 11.5 Å². The number of hydrogen-bond donors (Lipinski definition) is 1. The minimum atomic E-state index is -4.49. The summed E-state index contributed by atoms with van der Waals surface area (Å²) in [5.41, 5.74) is -0.256. The molecule has 0 unspecified atom stereocenters. The van der Waals surface area contributed by atoms with Gasteiger partial charge in [-0.2, -0.15) is 18.2 Å². The Labute approximate surface area is 163 Å². The van der Waals surface area contributed by atoms with Crippen molar-refractivity contribution >= 4 is 11.7 Å². The molecule has 0 saturated heterocycles. The summed E-state index contributed by atoms with van der Waals surface area (Å²) >= 11 is 0. The molecular weight excluding hydrogens is 392 g/mol. The standard InChI is InChI=1S/C19H16F4N4O2/c1-27(18(28)24-15-4-2-3-13(11-15)19(21,22)23)10-9-16-25-17(29-26-16)12-5-7-14(20)8-6-12/h2-8,11H,9-10H2,1H3,(H,24,28). The van der Waals surface area contributed by atoms with Gasteiger partial charge in [-0.15, -0.1) is 0 Å². The highest BCUT2D eigenvalue weighted by Gasteiger charge is 2.30. The van der Waals surface area contributed by atoms with Gasteiger partial charge in [0.2, 0.25) is 0 Å². The topological polar surface area (TPSA) is 71.3 Å². The summed E-state index contributed by atoms with van der Waals surface area (Å²) in [6.45, 7) is 0.202. The zero-order valence-electron chi connectivity index (χ0n) is 15.2. The van der Waals surface area contributed by atoms with Crippen LogP contribution in [0.3, 0.4) is 0 Å². The molecule has 0 aliphatic heterocycles. The first-order chi connectivity index (χ1) is 13.7. The number of anilines is 1. The van der Waals surface area contributed by atoms with Crippen LogP contribution in [-0.4, -0.2) is 34.7 Å². The molecule has 0 radical (unpaired) electrons. The number of alkyl halides is 3. The first-order valence-corrected chi connectivity index (χ1v) is 8.50. The summed E-state index contributed by atoms with van der Waals surface area (Å²) in [7, 11) is 1.49. The molecule has 10 heteroatoms. The summed E-state index contributed by atoms with van der Waals surface area (Å²) in [4.78, 5) is 17.7. The molecule has 0 aliphatic carbocycles. The zero-order chi connectivity index (χ0) is 21.0. The Morgan fingerprint density at radius 1 is 1.17 bits per heavy atom. The van der Waals surface area contributed by atoms with Crippen LogP contribution >= 0.6 is 0 Å². The van der Waals surface area contributed by atoms with E-state index in [4.69, 9.17) is 4.52 Å². The zero-order valence-corrected chi connectivity index (χ0v) is 15.2. The molecule has 152 valence electrons. The van der Waals surface area contributed by atoms with Gasteiger partial charge in [0.15, 0.2) is 5.82 Å². The van der Waals surface area contributed by atoms with Crippen LogP contribution in [0.2, 0.25) is 0 Å². The summed E-state index contributed by atoms with van der Waals surface area (Å²) < 4.78 is 56.3. The molecule has 1 N–H and O–H groups in total. The average molecular weight is 408 g/mol. The second-order valence-electron chi connectivity index (χ2n) is 6.20. The molecule has 1 heterocycles. The molecule has 1 aromatic heterocycles. The van der Waals surface area contributed by atoms with E-state index in [9.17, 15) is 22.4 Å². The summed E-state index contributed by atoms with van der Waals surface area (Å²) in [5, 5.41) is 6.22. The number of benzene rings is 2. The van der Waals surface area contributed by atoms with Gasteiger partial charge >= 0.3 is 12.2 Å². The minimum absolute atomic E-state index is 0.0369. The van der Waals surface area contributed by atoms with Crippen molar-refractivity contribution in [3.05, 3.63) is 65.7 Å². The Balaban J connectivity index is 1.56. The summed E-state index contributed by atoms with van der Waals surface area (Å²) in [6, 6.07) is 9.34. The van der Waals surface area contributed by atoms with Crippen LogP contribution in [0.15, 0.2) is 53.1 Å². The molecule has 3 rings (SSSR count). The van der Waals surface area contributed by atoms with Gasteiger partial charge in [0.05, 0.1) is 5.56 Å². The number of nitrogens with one attached hydrogen (secondary N) is 1. The highest BCUT2D eigenvalue weighted by molar-refractivity contribution is 5.89. The van der Waals surface area contributed by atoms with Gasteiger partial charge in [-0.3, -0.25) is 0 Å². The number of likely N-dealkylation sites (N-methyl/N-ethyl adjacent to an activating group) is 1. The Morgan fingerprint density at radius 3 is 2.59 bits per heavy atom. The maximum atomic E-state index is 13.0. The fourth-order valence-electron chi connectivity index (χ4n) is 2.43. The molecule has 0 aliphatic rings. The first-order valence-electron chi connectivity index (χ1n) is 8.50. The molecule has 0 spiro atoms. The summed E-state index contributed by atoms with van der Waals surface area (Å²) in [5.74, 6) is 0.168. The van der Waals surface area contributed by atoms with Crippen molar-refractivity contribution in [2.24, 2.45) is 0 Å². The van der Waals surface area contributed by atoms with E-state index in [1.165, 1.54) is 48.3 Å². The normalized spacial score (nSPS) is 11.3. The van der Waals surface area contributed by atoms with E-state index in [0.717, 1.165) is 12.1 Å². The van der Waals surface area contributed by atoms with Crippen LogP contribution in [0.25, 0.3) is 11.5 Å². The van der Waals surface area contributed by atoms with E-state index in [1.807, 2.05) is 0 Å². The van der Waals surface area contributed by atoms with Crippen molar-refractivity contribution < 1.29 is 26.9 Å². The van der Waals surface area contributed by atoms with E-state index in [0.29, 0.717) is 11.4 Å². The van der Waals surface area contributed by atoms with Crippen LogP contribution in [0.5, 0.6) is 0 Å². The maximum absolute atomic E-state index is 13.0. The number of amides is 2. The van der Waals surface area contributed by atoms with Crippen LogP contribution in [-0.2, 0) is 12.6 Å².